The van der Waals surface area contributed by atoms with Gasteiger partial charge in [0.1, 0.15) is 12.4 Å². The minimum atomic E-state index is -0.186. The van der Waals surface area contributed by atoms with Crippen LogP contribution in [0.3, 0.4) is 0 Å². The normalized spacial score (nSPS) is 12.7. The summed E-state index contributed by atoms with van der Waals surface area (Å²) in [5.41, 5.74) is 2.25. The Labute approximate surface area is 183 Å². The van der Waals surface area contributed by atoms with Gasteiger partial charge in [-0.2, -0.15) is 0 Å². The maximum absolute atomic E-state index is 12.6. The van der Waals surface area contributed by atoms with Crippen LogP contribution in [0.2, 0.25) is 0 Å². The van der Waals surface area contributed by atoms with Gasteiger partial charge in [0, 0.05) is 38.0 Å². The topological polar surface area (TPSA) is 79.0 Å². The maximum atomic E-state index is 12.6. The van der Waals surface area contributed by atoms with Crippen molar-refractivity contribution in [3.8, 4) is 5.75 Å². The first-order valence-corrected chi connectivity index (χ1v) is 10.5. The number of nitrogens with zero attached hydrogens (tertiary/aromatic N) is 2. The number of carbonyl (C=O) groups is 3. The lowest BCUT2D eigenvalue weighted by Gasteiger charge is -2.29. The molecular formula is C24H29N3O4. The molecule has 2 aromatic carbocycles. The van der Waals surface area contributed by atoms with Crippen LogP contribution in [0, 0.1) is 0 Å². The highest BCUT2D eigenvalue weighted by Gasteiger charge is 2.23. The van der Waals surface area contributed by atoms with Crippen molar-refractivity contribution in [2.24, 2.45) is 0 Å². The number of para-hydroxylation sites is 2. The summed E-state index contributed by atoms with van der Waals surface area (Å²) in [7, 11) is 1.78. The highest BCUT2D eigenvalue weighted by molar-refractivity contribution is 5.97. The Morgan fingerprint density at radius 3 is 2.48 bits per heavy atom. The highest BCUT2D eigenvalue weighted by atomic mass is 16.5. The van der Waals surface area contributed by atoms with Crippen molar-refractivity contribution < 1.29 is 19.1 Å². The first-order chi connectivity index (χ1) is 14.9. The van der Waals surface area contributed by atoms with Gasteiger partial charge in [0.25, 0.3) is 5.91 Å². The lowest BCUT2D eigenvalue weighted by molar-refractivity contribution is -0.125. The van der Waals surface area contributed by atoms with E-state index in [0.717, 1.165) is 11.3 Å². The summed E-state index contributed by atoms with van der Waals surface area (Å²) in [5, 5.41) is 2.84. The van der Waals surface area contributed by atoms with Gasteiger partial charge in [-0.1, -0.05) is 24.3 Å². The number of ether oxygens (including phenoxy) is 1. The Bertz CT molecular complexity index is 940. The van der Waals surface area contributed by atoms with E-state index < -0.39 is 0 Å². The standard InChI is InChI=1S/C24H29N3O4/c1-17(2)26(3)24(30)19-10-8-18(9-11-19)16-25-22(28)12-13-23(29)27-14-15-31-21-7-5-4-6-20(21)27/h4-11,17H,12-16H2,1-3H3,(H,25,28). The number of hydrogen-bond donors (Lipinski definition) is 1. The zero-order valence-electron chi connectivity index (χ0n) is 18.3. The fourth-order valence-corrected chi connectivity index (χ4v) is 3.28. The zero-order chi connectivity index (χ0) is 22.4. The van der Waals surface area contributed by atoms with Gasteiger partial charge in [0.2, 0.25) is 11.8 Å². The van der Waals surface area contributed by atoms with Crippen molar-refractivity contribution in [3.63, 3.8) is 0 Å². The van der Waals surface area contributed by atoms with Crippen LogP contribution in [-0.2, 0) is 16.1 Å². The second-order valence-corrected chi connectivity index (χ2v) is 7.85. The zero-order valence-corrected chi connectivity index (χ0v) is 18.3. The van der Waals surface area contributed by atoms with Crippen LogP contribution in [0.15, 0.2) is 48.5 Å². The maximum Gasteiger partial charge on any atom is 0.253 e. The fourth-order valence-electron chi connectivity index (χ4n) is 3.28. The number of hydrogen-bond acceptors (Lipinski definition) is 4. The molecule has 1 heterocycles. The van der Waals surface area contributed by atoms with Gasteiger partial charge in [-0.3, -0.25) is 14.4 Å². The number of nitrogens with one attached hydrogen (secondary N) is 1. The quantitative estimate of drug-likeness (QED) is 0.743. The van der Waals surface area contributed by atoms with Gasteiger partial charge in [0.05, 0.1) is 12.2 Å². The van der Waals surface area contributed by atoms with Gasteiger partial charge in [-0.25, -0.2) is 0 Å². The lowest BCUT2D eigenvalue weighted by atomic mass is 10.1. The van der Waals surface area contributed by atoms with Gasteiger partial charge in [-0.15, -0.1) is 0 Å². The van der Waals surface area contributed by atoms with E-state index in [-0.39, 0.29) is 36.6 Å². The van der Waals surface area contributed by atoms with Crippen molar-refractivity contribution >= 4 is 23.4 Å². The SMILES string of the molecule is CC(C)N(C)C(=O)c1ccc(CNC(=O)CCC(=O)N2CCOc3ccccc32)cc1. The molecule has 0 spiro atoms. The number of fused-ring (bicyclic) bond motifs is 1. The Morgan fingerprint density at radius 2 is 1.77 bits per heavy atom. The third-order valence-electron chi connectivity index (χ3n) is 5.38. The van der Waals surface area contributed by atoms with E-state index in [1.807, 2.05) is 50.2 Å². The number of rotatable bonds is 7. The molecule has 164 valence electrons. The predicted octanol–water partition coefficient (Wildman–Crippen LogP) is 2.99. The number of anilines is 1. The molecule has 2 aromatic rings. The molecule has 0 atom stereocenters. The summed E-state index contributed by atoms with van der Waals surface area (Å²) in [6, 6.07) is 14.7. The minimum absolute atomic E-state index is 0.0335. The fraction of sp³-hybridized carbons (Fsp3) is 0.375. The third-order valence-corrected chi connectivity index (χ3v) is 5.38. The lowest BCUT2D eigenvalue weighted by Crippen LogP contribution is -2.38. The molecule has 3 rings (SSSR count). The second kappa shape index (κ2) is 10.1. The van der Waals surface area contributed by atoms with Crippen molar-refractivity contribution in [2.75, 3.05) is 25.1 Å². The number of carbonyl (C=O) groups excluding carboxylic acids is 3. The Kier molecular flexibility index (Phi) is 7.28. The molecule has 0 bridgehead atoms. The van der Waals surface area contributed by atoms with Crippen LogP contribution in [0.1, 0.15) is 42.6 Å². The Morgan fingerprint density at radius 1 is 1.06 bits per heavy atom. The predicted molar refractivity (Wildman–Crippen MR) is 119 cm³/mol. The van der Waals surface area contributed by atoms with Crippen LogP contribution in [0.25, 0.3) is 0 Å². The van der Waals surface area contributed by atoms with E-state index in [1.54, 1.807) is 29.0 Å². The number of benzene rings is 2. The van der Waals surface area contributed by atoms with Gasteiger partial charge in [0.15, 0.2) is 0 Å². The Balaban J connectivity index is 1.47. The van der Waals surface area contributed by atoms with Gasteiger partial charge < -0.3 is 19.9 Å². The molecule has 3 amide bonds. The van der Waals surface area contributed by atoms with Crippen LogP contribution in [-0.4, -0.2) is 48.9 Å². The minimum Gasteiger partial charge on any atom is -0.490 e. The van der Waals surface area contributed by atoms with Crippen LogP contribution in [0.5, 0.6) is 5.75 Å². The molecule has 0 radical (unpaired) electrons. The van der Waals surface area contributed by atoms with Crippen molar-refractivity contribution in [3.05, 3.63) is 59.7 Å². The molecule has 0 unspecified atom stereocenters. The molecule has 0 saturated heterocycles. The van der Waals surface area contributed by atoms with E-state index in [2.05, 4.69) is 5.32 Å². The smallest absolute Gasteiger partial charge is 0.253 e. The summed E-state index contributed by atoms with van der Waals surface area (Å²) >= 11 is 0. The molecule has 0 aliphatic carbocycles. The first-order valence-electron chi connectivity index (χ1n) is 10.5. The monoisotopic (exact) mass is 423 g/mol. The molecule has 31 heavy (non-hydrogen) atoms. The molecule has 1 aliphatic heterocycles. The molecule has 1 N–H and O–H groups in total. The summed E-state index contributed by atoms with van der Waals surface area (Å²) in [5.74, 6) is 0.375. The van der Waals surface area contributed by atoms with Gasteiger partial charge in [-0.05, 0) is 43.7 Å². The van der Waals surface area contributed by atoms with Crippen molar-refractivity contribution in [1.82, 2.24) is 10.2 Å². The van der Waals surface area contributed by atoms with E-state index in [9.17, 15) is 14.4 Å². The van der Waals surface area contributed by atoms with Crippen molar-refractivity contribution in [2.45, 2.75) is 39.3 Å². The average Bonchev–Trinajstić information content (AvgIpc) is 2.80. The number of amides is 3. The van der Waals surface area contributed by atoms with E-state index >= 15 is 0 Å². The average molecular weight is 424 g/mol. The van der Waals surface area contributed by atoms with Crippen LogP contribution >= 0.6 is 0 Å². The molecule has 0 aromatic heterocycles. The first kappa shape index (κ1) is 22.3. The molecule has 0 fully saturated rings. The molecular weight excluding hydrogens is 394 g/mol. The summed E-state index contributed by atoms with van der Waals surface area (Å²) in [6.07, 6.45) is 0.253. The molecule has 7 heteroatoms. The van der Waals surface area contributed by atoms with E-state index in [1.165, 1.54) is 0 Å². The third kappa shape index (κ3) is 5.63. The summed E-state index contributed by atoms with van der Waals surface area (Å²) < 4.78 is 5.57. The molecule has 0 saturated carbocycles. The van der Waals surface area contributed by atoms with Crippen LogP contribution < -0.4 is 15.0 Å². The van der Waals surface area contributed by atoms with E-state index in [0.29, 0.717) is 31.0 Å². The largest absolute Gasteiger partial charge is 0.490 e. The summed E-state index contributed by atoms with van der Waals surface area (Å²) in [6.45, 7) is 5.20. The molecule has 1 aliphatic rings. The highest BCUT2D eigenvalue weighted by Crippen LogP contribution is 2.31. The summed E-state index contributed by atoms with van der Waals surface area (Å²) in [4.78, 5) is 40.5. The van der Waals surface area contributed by atoms with Crippen LogP contribution in [0.4, 0.5) is 5.69 Å². The molecule has 7 nitrogen and oxygen atoms in total. The van der Waals surface area contributed by atoms with E-state index in [4.69, 9.17) is 4.74 Å². The Hall–Kier alpha value is -3.35. The second-order valence-electron chi connectivity index (χ2n) is 7.85. The van der Waals surface area contributed by atoms with Gasteiger partial charge >= 0.3 is 0 Å². The van der Waals surface area contributed by atoms with Crippen molar-refractivity contribution in [1.29, 1.82) is 0 Å².